The molecule has 0 aliphatic carbocycles. The Hall–Kier alpha value is -2.56. The fraction of sp³-hybridized carbons (Fsp3) is 0.520. The number of aromatic nitrogens is 1. The quantitative estimate of drug-likeness (QED) is 0.711. The van der Waals surface area contributed by atoms with Gasteiger partial charge in [-0.25, -0.2) is 0 Å². The first-order chi connectivity index (χ1) is 14.3. The number of carbonyl (C=O) groups excluding carboxylic acids is 1. The highest BCUT2D eigenvalue weighted by Crippen LogP contribution is 2.43. The van der Waals surface area contributed by atoms with E-state index in [1.807, 2.05) is 32.0 Å². The van der Waals surface area contributed by atoms with Crippen molar-refractivity contribution < 1.29 is 4.79 Å². The maximum atomic E-state index is 13.3. The smallest absolute Gasteiger partial charge is 0.253 e. The number of carbonyl (C=O) groups is 1. The largest absolute Gasteiger partial charge is 0.364 e. The highest BCUT2D eigenvalue weighted by molar-refractivity contribution is 5.89. The number of nitrogens with one attached hydrogen (secondary N) is 2. The van der Waals surface area contributed by atoms with Gasteiger partial charge in [0.05, 0.1) is 5.92 Å². The van der Waals surface area contributed by atoms with Gasteiger partial charge in [0.25, 0.3) is 5.56 Å². The third-order valence-corrected chi connectivity index (χ3v) is 6.86. The Balaban J connectivity index is 1.85. The van der Waals surface area contributed by atoms with Crippen LogP contribution in [0, 0.1) is 19.8 Å². The number of hydrogen-bond donors (Lipinski definition) is 2. The van der Waals surface area contributed by atoms with Gasteiger partial charge >= 0.3 is 0 Å². The molecule has 2 N–H and O–H groups in total. The van der Waals surface area contributed by atoms with Gasteiger partial charge < -0.3 is 15.2 Å². The summed E-state index contributed by atoms with van der Waals surface area (Å²) < 4.78 is 0. The Bertz CT molecular complexity index is 961. The van der Waals surface area contributed by atoms with Crippen molar-refractivity contribution in [1.29, 1.82) is 0 Å². The van der Waals surface area contributed by atoms with Crippen molar-refractivity contribution >= 4 is 11.6 Å². The first-order valence-electron chi connectivity index (χ1n) is 11.1. The van der Waals surface area contributed by atoms with Crippen LogP contribution in [0.2, 0.25) is 0 Å². The zero-order valence-corrected chi connectivity index (χ0v) is 19.1. The lowest BCUT2D eigenvalue weighted by Crippen LogP contribution is -2.45. The van der Waals surface area contributed by atoms with Crippen molar-refractivity contribution in [2.45, 2.75) is 78.9 Å². The number of fused-ring (bicyclic) bond motifs is 1. The number of pyridine rings is 1. The molecule has 2 heterocycles. The molecule has 0 bridgehead atoms. The predicted molar refractivity (Wildman–Crippen MR) is 123 cm³/mol. The molecule has 3 rings (SSSR count). The van der Waals surface area contributed by atoms with E-state index >= 15 is 0 Å². The number of para-hydroxylation sites is 1. The SMILES string of the molecule is CCC(CC)C(C)N1c2ccccc2C(C(=O)NCc2c(C)cc(C)[nH]c2=O)C1C. The number of benzene rings is 1. The van der Waals surface area contributed by atoms with E-state index < -0.39 is 0 Å². The first-order valence-corrected chi connectivity index (χ1v) is 11.1. The molecule has 1 aliphatic heterocycles. The standard InChI is InChI=1S/C25H35N3O2/c1-7-19(8-2)17(5)28-18(6)23(20-11-9-10-12-22(20)28)25(30)26-14-21-15(3)13-16(4)27-24(21)29/h9-13,17-19,23H,7-8,14H2,1-6H3,(H,26,30)(H,27,29). The second-order valence-corrected chi connectivity index (χ2v) is 8.66. The van der Waals surface area contributed by atoms with Gasteiger partial charge in [-0.3, -0.25) is 9.59 Å². The Morgan fingerprint density at radius 2 is 1.87 bits per heavy atom. The van der Waals surface area contributed by atoms with Gasteiger partial charge in [0.15, 0.2) is 0 Å². The average Bonchev–Trinajstić information content (AvgIpc) is 2.99. The molecule has 5 heteroatoms. The van der Waals surface area contributed by atoms with Crippen molar-refractivity contribution in [2.24, 2.45) is 5.92 Å². The molecule has 1 aromatic heterocycles. The molecule has 162 valence electrons. The van der Waals surface area contributed by atoms with Crippen LogP contribution in [-0.2, 0) is 11.3 Å². The zero-order chi connectivity index (χ0) is 22.0. The van der Waals surface area contributed by atoms with Gasteiger partial charge in [0.2, 0.25) is 5.91 Å². The van der Waals surface area contributed by atoms with Crippen LogP contribution < -0.4 is 15.8 Å². The summed E-state index contributed by atoms with van der Waals surface area (Å²) in [6.45, 7) is 12.9. The minimum absolute atomic E-state index is 0.0198. The lowest BCUT2D eigenvalue weighted by molar-refractivity contribution is -0.122. The summed E-state index contributed by atoms with van der Waals surface area (Å²) in [6.07, 6.45) is 2.24. The van der Waals surface area contributed by atoms with Gasteiger partial charge in [0, 0.05) is 35.6 Å². The van der Waals surface area contributed by atoms with Gasteiger partial charge in [0.1, 0.15) is 0 Å². The summed E-state index contributed by atoms with van der Waals surface area (Å²) in [5, 5.41) is 3.04. The van der Waals surface area contributed by atoms with Crippen LogP contribution in [-0.4, -0.2) is 23.0 Å². The second kappa shape index (κ2) is 9.07. The van der Waals surface area contributed by atoms with Crippen molar-refractivity contribution in [3.63, 3.8) is 0 Å². The molecule has 3 atom stereocenters. The van der Waals surface area contributed by atoms with Crippen LogP contribution in [0.4, 0.5) is 5.69 Å². The van der Waals surface area contributed by atoms with Gasteiger partial charge in [-0.1, -0.05) is 44.9 Å². The van der Waals surface area contributed by atoms with E-state index in [0.29, 0.717) is 17.5 Å². The number of aromatic amines is 1. The summed E-state index contributed by atoms with van der Waals surface area (Å²) in [7, 11) is 0. The summed E-state index contributed by atoms with van der Waals surface area (Å²) in [5.41, 5.74) is 4.47. The van der Waals surface area contributed by atoms with Crippen LogP contribution in [0.1, 0.15) is 68.8 Å². The second-order valence-electron chi connectivity index (χ2n) is 8.66. The van der Waals surface area contributed by atoms with E-state index in [4.69, 9.17) is 0 Å². The van der Waals surface area contributed by atoms with E-state index in [-0.39, 0.29) is 30.0 Å². The van der Waals surface area contributed by atoms with E-state index in [0.717, 1.165) is 35.3 Å². The highest BCUT2D eigenvalue weighted by atomic mass is 16.2. The average molecular weight is 410 g/mol. The number of H-pyrrole nitrogens is 1. The van der Waals surface area contributed by atoms with E-state index in [1.165, 1.54) is 0 Å². The van der Waals surface area contributed by atoms with Crippen LogP contribution in [0.15, 0.2) is 35.1 Å². The predicted octanol–water partition coefficient (Wildman–Crippen LogP) is 4.42. The van der Waals surface area contributed by atoms with Crippen molar-refractivity contribution in [3.05, 3.63) is 63.1 Å². The molecule has 3 unspecified atom stereocenters. The van der Waals surface area contributed by atoms with Crippen LogP contribution in [0.3, 0.4) is 0 Å². The zero-order valence-electron chi connectivity index (χ0n) is 19.1. The summed E-state index contributed by atoms with van der Waals surface area (Å²) in [6, 6.07) is 10.6. The monoisotopic (exact) mass is 409 g/mol. The third-order valence-electron chi connectivity index (χ3n) is 6.86. The van der Waals surface area contributed by atoms with Crippen molar-refractivity contribution in [1.82, 2.24) is 10.3 Å². The lowest BCUT2D eigenvalue weighted by atomic mass is 9.92. The summed E-state index contributed by atoms with van der Waals surface area (Å²) >= 11 is 0. The molecular formula is C25H35N3O2. The van der Waals surface area contributed by atoms with Crippen LogP contribution in [0.5, 0.6) is 0 Å². The van der Waals surface area contributed by atoms with Gasteiger partial charge in [-0.05, 0) is 56.9 Å². The first kappa shape index (κ1) is 22.1. The normalized spacial score (nSPS) is 19.1. The van der Waals surface area contributed by atoms with Crippen molar-refractivity contribution in [2.75, 3.05) is 4.90 Å². The Morgan fingerprint density at radius 3 is 2.50 bits per heavy atom. The molecule has 2 aromatic rings. The van der Waals surface area contributed by atoms with Crippen molar-refractivity contribution in [3.8, 4) is 0 Å². The molecule has 30 heavy (non-hydrogen) atoms. The maximum Gasteiger partial charge on any atom is 0.253 e. The molecule has 5 nitrogen and oxygen atoms in total. The minimum Gasteiger partial charge on any atom is -0.364 e. The minimum atomic E-state index is -0.247. The van der Waals surface area contributed by atoms with Crippen LogP contribution in [0.25, 0.3) is 0 Å². The lowest BCUT2D eigenvalue weighted by Gasteiger charge is -2.37. The number of amides is 1. The van der Waals surface area contributed by atoms with Gasteiger partial charge in [-0.15, -0.1) is 0 Å². The number of aryl methyl sites for hydroxylation is 2. The molecule has 0 spiro atoms. The third kappa shape index (κ3) is 4.03. The van der Waals surface area contributed by atoms with E-state index in [9.17, 15) is 9.59 Å². The van der Waals surface area contributed by atoms with Gasteiger partial charge in [-0.2, -0.15) is 0 Å². The Kier molecular flexibility index (Phi) is 6.69. The highest BCUT2D eigenvalue weighted by Gasteiger charge is 2.42. The molecule has 1 aromatic carbocycles. The maximum absolute atomic E-state index is 13.3. The number of rotatable bonds is 7. The Labute approximate surface area is 179 Å². The topological polar surface area (TPSA) is 65.2 Å². The van der Waals surface area contributed by atoms with Crippen LogP contribution >= 0.6 is 0 Å². The molecule has 0 saturated carbocycles. The molecule has 0 fully saturated rings. The summed E-state index contributed by atoms with van der Waals surface area (Å²) in [4.78, 5) is 30.9. The Morgan fingerprint density at radius 1 is 1.20 bits per heavy atom. The fourth-order valence-electron chi connectivity index (χ4n) is 5.16. The molecular weight excluding hydrogens is 374 g/mol. The number of anilines is 1. The molecule has 0 radical (unpaired) electrons. The molecule has 1 aliphatic rings. The number of nitrogens with zero attached hydrogens (tertiary/aromatic N) is 1. The molecule has 1 amide bonds. The van der Waals surface area contributed by atoms with E-state index in [1.54, 1.807) is 0 Å². The fourth-order valence-corrected chi connectivity index (χ4v) is 5.16. The molecule has 0 saturated heterocycles. The summed E-state index contributed by atoms with van der Waals surface area (Å²) in [5.74, 6) is 0.313. The van der Waals surface area contributed by atoms with E-state index in [2.05, 4.69) is 55.0 Å². The number of hydrogen-bond acceptors (Lipinski definition) is 3.